The molecule has 0 spiro atoms. The summed E-state index contributed by atoms with van der Waals surface area (Å²) in [7, 11) is 3.22. The number of hydrogen-bond acceptors (Lipinski definition) is 3. The lowest BCUT2D eigenvalue weighted by Gasteiger charge is -2.23. The Kier molecular flexibility index (Phi) is 7.17. The van der Waals surface area contributed by atoms with Crippen LogP contribution in [0.25, 0.3) is 0 Å². The Morgan fingerprint density at radius 3 is 2.30 bits per heavy atom. The average molecular weight is 300 g/mol. The molecule has 1 atom stereocenters. The molecule has 0 aromatic heterocycles. The molecule has 1 unspecified atom stereocenters. The number of halogens is 1. The minimum Gasteiger partial charge on any atom is -0.493 e. The van der Waals surface area contributed by atoms with Gasteiger partial charge in [-0.15, -0.1) is 0 Å². The molecule has 0 radical (unpaired) electrons. The van der Waals surface area contributed by atoms with E-state index in [4.69, 9.17) is 21.1 Å². The summed E-state index contributed by atoms with van der Waals surface area (Å²) < 4.78 is 10.6. The van der Waals surface area contributed by atoms with Crippen LogP contribution in [0.4, 0.5) is 0 Å². The van der Waals surface area contributed by atoms with E-state index in [-0.39, 0.29) is 0 Å². The van der Waals surface area contributed by atoms with Gasteiger partial charge in [0.1, 0.15) is 0 Å². The van der Waals surface area contributed by atoms with E-state index >= 15 is 0 Å². The van der Waals surface area contributed by atoms with Crippen LogP contribution in [0.15, 0.2) is 12.1 Å². The second-order valence-corrected chi connectivity index (χ2v) is 5.40. The summed E-state index contributed by atoms with van der Waals surface area (Å²) in [5.74, 6) is 1.95. The second kappa shape index (κ2) is 8.38. The van der Waals surface area contributed by atoms with Crippen LogP contribution in [0, 0.1) is 5.92 Å². The Morgan fingerprint density at radius 2 is 1.80 bits per heavy atom. The van der Waals surface area contributed by atoms with Gasteiger partial charge in [0.15, 0.2) is 11.5 Å². The Hall–Kier alpha value is -0.930. The highest BCUT2D eigenvalue weighted by Crippen LogP contribution is 2.37. The van der Waals surface area contributed by atoms with Crippen LogP contribution in [0.5, 0.6) is 11.5 Å². The van der Waals surface area contributed by atoms with E-state index in [0.717, 1.165) is 12.1 Å². The molecule has 0 amide bonds. The molecule has 0 aliphatic carbocycles. The molecule has 1 rings (SSSR count). The maximum absolute atomic E-state index is 6.38. The molecule has 0 aliphatic rings. The summed E-state index contributed by atoms with van der Waals surface area (Å²) in [6.07, 6.45) is 2.37. The van der Waals surface area contributed by atoms with Crippen molar-refractivity contribution < 1.29 is 9.47 Å². The number of hydrogen-bond donors (Lipinski definition) is 1. The first-order valence-corrected chi connectivity index (χ1v) is 7.59. The van der Waals surface area contributed by atoms with Crippen LogP contribution in [-0.4, -0.2) is 20.3 Å². The maximum atomic E-state index is 6.38. The van der Waals surface area contributed by atoms with Gasteiger partial charge in [-0.1, -0.05) is 44.4 Å². The zero-order valence-corrected chi connectivity index (χ0v) is 13.9. The molecule has 0 bridgehead atoms. The Morgan fingerprint density at radius 1 is 1.15 bits per heavy atom. The van der Waals surface area contributed by atoms with E-state index in [1.165, 1.54) is 12.8 Å². The molecular formula is C16H26ClNO2. The van der Waals surface area contributed by atoms with E-state index in [2.05, 4.69) is 26.1 Å². The van der Waals surface area contributed by atoms with Gasteiger partial charge in [-0.3, -0.25) is 0 Å². The van der Waals surface area contributed by atoms with Crippen LogP contribution in [0.1, 0.15) is 39.2 Å². The molecule has 4 heteroatoms. The Balaban J connectivity index is 2.78. The SMILES string of the molecule is CCC(CC)C(C)NCc1ccc(OC)c(OC)c1Cl. The highest BCUT2D eigenvalue weighted by molar-refractivity contribution is 6.33. The van der Waals surface area contributed by atoms with Crippen molar-refractivity contribution in [2.75, 3.05) is 14.2 Å². The van der Waals surface area contributed by atoms with Gasteiger partial charge in [-0.05, 0) is 24.5 Å². The highest BCUT2D eigenvalue weighted by Gasteiger charge is 2.16. The molecular weight excluding hydrogens is 274 g/mol. The highest BCUT2D eigenvalue weighted by atomic mass is 35.5. The van der Waals surface area contributed by atoms with Gasteiger partial charge in [0, 0.05) is 12.6 Å². The van der Waals surface area contributed by atoms with Crippen molar-refractivity contribution in [1.29, 1.82) is 0 Å². The normalized spacial score (nSPS) is 12.6. The summed E-state index contributed by atoms with van der Waals surface area (Å²) in [6.45, 7) is 7.43. The number of rotatable bonds is 8. The summed E-state index contributed by atoms with van der Waals surface area (Å²) in [4.78, 5) is 0. The van der Waals surface area contributed by atoms with Crippen LogP contribution < -0.4 is 14.8 Å². The molecule has 1 aromatic rings. The van der Waals surface area contributed by atoms with E-state index in [0.29, 0.717) is 28.5 Å². The van der Waals surface area contributed by atoms with Gasteiger partial charge in [-0.2, -0.15) is 0 Å². The monoisotopic (exact) mass is 299 g/mol. The van der Waals surface area contributed by atoms with Gasteiger partial charge >= 0.3 is 0 Å². The smallest absolute Gasteiger partial charge is 0.179 e. The van der Waals surface area contributed by atoms with Crippen molar-refractivity contribution in [2.45, 2.75) is 46.2 Å². The summed E-state index contributed by atoms with van der Waals surface area (Å²) in [5, 5.41) is 4.17. The lowest BCUT2D eigenvalue weighted by molar-refractivity contribution is 0.348. The predicted molar refractivity (Wildman–Crippen MR) is 84.9 cm³/mol. The molecule has 114 valence electrons. The van der Waals surface area contributed by atoms with E-state index in [1.807, 2.05) is 12.1 Å². The topological polar surface area (TPSA) is 30.5 Å². The number of ether oxygens (including phenoxy) is 2. The molecule has 0 aliphatic heterocycles. The third kappa shape index (κ3) is 4.03. The third-order valence-electron chi connectivity index (χ3n) is 3.94. The number of benzene rings is 1. The van der Waals surface area contributed by atoms with Crippen molar-refractivity contribution in [1.82, 2.24) is 5.32 Å². The molecule has 0 saturated heterocycles. The first kappa shape index (κ1) is 17.1. The number of nitrogens with one attached hydrogen (secondary N) is 1. The van der Waals surface area contributed by atoms with E-state index in [1.54, 1.807) is 14.2 Å². The summed E-state index contributed by atoms with van der Waals surface area (Å²) >= 11 is 6.38. The minimum absolute atomic E-state index is 0.467. The molecule has 1 aromatic carbocycles. The third-order valence-corrected chi connectivity index (χ3v) is 4.35. The minimum atomic E-state index is 0.467. The quantitative estimate of drug-likeness (QED) is 0.777. The van der Waals surface area contributed by atoms with Crippen LogP contribution in [-0.2, 0) is 6.54 Å². The Labute approximate surface area is 127 Å². The fourth-order valence-electron chi connectivity index (χ4n) is 2.50. The largest absolute Gasteiger partial charge is 0.493 e. The first-order valence-electron chi connectivity index (χ1n) is 7.21. The van der Waals surface area contributed by atoms with Crippen molar-refractivity contribution in [3.63, 3.8) is 0 Å². The molecule has 3 nitrogen and oxygen atoms in total. The van der Waals surface area contributed by atoms with Gasteiger partial charge in [-0.25, -0.2) is 0 Å². The summed E-state index contributed by atoms with van der Waals surface area (Å²) in [6, 6.07) is 4.34. The molecule has 1 N–H and O–H groups in total. The van der Waals surface area contributed by atoms with Crippen molar-refractivity contribution in [3.05, 3.63) is 22.7 Å². The molecule has 0 heterocycles. The average Bonchev–Trinajstić information content (AvgIpc) is 2.46. The molecule has 0 saturated carbocycles. The van der Waals surface area contributed by atoms with E-state index in [9.17, 15) is 0 Å². The lowest BCUT2D eigenvalue weighted by Crippen LogP contribution is -2.32. The Bertz CT molecular complexity index is 419. The molecule has 0 fully saturated rings. The number of methoxy groups -OCH3 is 2. The zero-order chi connectivity index (χ0) is 15.1. The predicted octanol–water partition coefficient (Wildman–Crippen LogP) is 4.27. The van der Waals surface area contributed by atoms with Crippen molar-refractivity contribution in [3.8, 4) is 11.5 Å². The van der Waals surface area contributed by atoms with Gasteiger partial charge < -0.3 is 14.8 Å². The fourth-order valence-corrected chi connectivity index (χ4v) is 2.80. The molecule has 20 heavy (non-hydrogen) atoms. The van der Waals surface area contributed by atoms with Crippen LogP contribution in [0.3, 0.4) is 0 Å². The van der Waals surface area contributed by atoms with Gasteiger partial charge in [0.05, 0.1) is 19.2 Å². The van der Waals surface area contributed by atoms with Crippen LogP contribution >= 0.6 is 11.6 Å². The van der Waals surface area contributed by atoms with Crippen molar-refractivity contribution >= 4 is 11.6 Å². The standard InChI is InChI=1S/C16H26ClNO2/c1-6-12(7-2)11(3)18-10-13-8-9-14(19-4)16(20-5)15(13)17/h8-9,11-12,18H,6-7,10H2,1-5H3. The maximum Gasteiger partial charge on any atom is 0.179 e. The second-order valence-electron chi connectivity index (χ2n) is 5.02. The summed E-state index contributed by atoms with van der Waals surface area (Å²) in [5.41, 5.74) is 1.03. The fraction of sp³-hybridized carbons (Fsp3) is 0.625. The zero-order valence-electron chi connectivity index (χ0n) is 13.1. The van der Waals surface area contributed by atoms with Crippen LogP contribution in [0.2, 0.25) is 5.02 Å². The first-order chi connectivity index (χ1) is 9.58. The van der Waals surface area contributed by atoms with Gasteiger partial charge in [0.2, 0.25) is 0 Å². The van der Waals surface area contributed by atoms with Crippen molar-refractivity contribution in [2.24, 2.45) is 5.92 Å². The van der Waals surface area contributed by atoms with Gasteiger partial charge in [0.25, 0.3) is 0 Å². The van der Waals surface area contributed by atoms with E-state index < -0.39 is 0 Å². The lowest BCUT2D eigenvalue weighted by atomic mass is 9.95.